The summed E-state index contributed by atoms with van der Waals surface area (Å²) in [6, 6.07) is 10.1. The normalized spacial score (nSPS) is 12.4. The van der Waals surface area contributed by atoms with E-state index in [0.717, 1.165) is 11.1 Å². The first-order valence-corrected chi connectivity index (χ1v) is 10.8. The number of imidazole rings is 1. The Kier molecular flexibility index (Phi) is 5.09. The van der Waals surface area contributed by atoms with Gasteiger partial charge in [0.05, 0.1) is 28.5 Å². The van der Waals surface area contributed by atoms with Crippen LogP contribution in [0.5, 0.6) is 0 Å². The molecule has 2 aromatic carbocycles. The van der Waals surface area contributed by atoms with E-state index in [-0.39, 0.29) is 22.0 Å². The summed E-state index contributed by atoms with van der Waals surface area (Å²) in [6.07, 6.45) is 2.98. The molecule has 0 aliphatic heterocycles. The zero-order chi connectivity index (χ0) is 23.3. The number of nitrogens with zero attached hydrogens (tertiary/aromatic N) is 4. The Hall–Kier alpha value is -3.78. The average molecular weight is 463 g/mol. The van der Waals surface area contributed by atoms with Crippen molar-refractivity contribution in [2.24, 2.45) is 0 Å². The summed E-state index contributed by atoms with van der Waals surface area (Å²) in [5.41, 5.74) is 4.17. The number of hydrogen-bond acceptors (Lipinski definition) is 5. The van der Waals surface area contributed by atoms with Crippen LogP contribution in [0.4, 0.5) is 10.2 Å². The molecular formula is C24H20ClFN6O. The number of H-pyrrole nitrogens is 1. The molecule has 0 fully saturated rings. The van der Waals surface area contributed by atoms with Crippen LogP contribution < -0.4 is 10.9 Å². The third-order valence-corrected chi connectivity index (χ3v) is 6.31. The SMILES string of the molecule is Cc1cccc(-n2c([C@H](C)Nc3ncnc4nc[nH]c34)cc3ccc(F)c(Cl)c3c2=O)c1C. The number of pyridine rings is 1. The molecule has 2 N–H and O–H groups in total. The molecule has 33 heavy (non-hydrogen) atoms. The van der Waals surface area contributed by atoms with E-state index in [1.54, 1.807) is 17.0 Å². The van der Waals surface area contributed by atoms with Gasteiger partial charge < -0.3 is 10.3 Å². The predicted molar refractivity (Wildman–Crippen MR) is 128 cm³/mol. The smallest absolute Gasteiger partial charge is 0.264 e. The fourth-order valence-electron chi connectivity index (χ4n) is 4.05. The van der Waals surface area contributed by atoms with Gasteiger partial charge in [-0.05, 0) is 55.5 Å². The Morgan fingerprint density at radius 1 is 1.15 bits per heavy atom. The van der Waals surface area contributed by atoms with Crippen LogP contribution in [-0.2, 0) is 0 Å². The Labute approximate surface area is 193 Å². The summed E-state index contributed by atoms with van der Waals surface area (Å²) in [6.45, 7) is 5.86. The van der Waals surface area contributed by atoms with E-state index >= 15 is 0 Å². The molecule has 0 unspecified atom stereocenters. The minimum absolute atomic E-state index is 0.145. The highest BCUT2D eigenvalue weighted by molar-refractivity contribution is 6.35. The predicted octanol–water partition coefficient (Wildman–Crippen LogP) is 5.24. The highest BCUT2D eigenvalue weighted by Gasteiger charge is 2.21. The Balaban J connectivity index is 1.77. The number of aromatic nitrogens is 5. The van der Waals surface area contributed by atoms with Crippen molar-refractivity contribution in [3.05, 3.63) is 87.1 Å². The van der Waals surface area contributed by atoms with Gasteiger partial charge in [-0.2, -0.15) is 0 Å². The molecule has 0 saturated heterocycles. The molecule has 0 radical (unpaired) electrons. The highest BCUT2D eigenvalue weighted by Crippen LogP contribution is 2.30. The van der Waals surface area contributed by atoms with Gasteiger partial charge in [-0.25, -0.2) is 19.3 Å². The summed E-state index contributed by atoms with van der Waals surface area (Å²) < 4.78 is 15.9. The number of halogens is 2. The van der Waals surface area contributed by atoms with Crippen LogP contribution in [0.3, 0.4) is 0 Å². The lowest BCUT2D eigenvalue weighted by molar-refractivity contribution is 0.629. The lowest BCUT2D eigenvalue weighted by Crippen LogP contribution is -2.26. The van der Waals surface area contributed by atoms with E-state index in [4.69, 9.17) is 11.6 Å². The quantitative estimate of drug-likeness (QED) is 0.381. The zero-order valence-electron chi connectivity index (χ0n) is 18.1. The number of aryl methyl sites for hydroxylation is 1. The number of aromatic amines is 1. The molecule has 7 nitrogen and oxygen atoms in total. The molecule has 0 spiro atoms. The van der Waals surface area contributed by atoms with Crippen molar-refractivity contribution in [3.63, 3.8) is 0 Å². The van der Waals surface area contributed by atoms with Crippen LogP contribution in [0, 0.1) is 19.7 Å². The molecule has 0 aliphatic rings. The summed E-state index contributed by atoms with van der Waals surface area (Å²) in [4.78, 5) is 29.4. The minimum atomic E-state index is -0.629. The van der Waals surface area contributed by atoms with Gasteiger partial charge in [-0.1, -0.05) is 29.8 Å². The number of benzene rings is 2. The van der Waals surface area contributed by atoms with Crippen molar-refractivity contribution in [1.82, 2.24) is 24.5 Å². The standard InChI is InChI=1S/C24H20ClFN6O/c1-12-5-4-6-17(13(12)2)32-18(9-15-7-8-16(26)20(25)19(15)24(32)33)14(3)31-23-21-22(28-10-27-21)29-11-30-23/h4-11,14H,1-3H3,(H2,27,28,29,30,31)/t14-/m0/s1. The van der Waals surface area contributed by atoms with Gasteiger partial charge in [-0.15, -0.1) is 0 Å². The topological polar surface area (TPSA) is 88.5 Å². The Morgan fingerprint density at radius 2 is 1.97 bits per heavy atom. The van der Waals surface area contributed by atoms with Crippen molar-refractivity contribution in [3.8, 4) is 5.69 Å². The van der Waals surface area contributed by atoms with Crippen LogP contribution >= 0.6 is 11.6 Å². The van der Waals surface area contributed by atoms with Crippen molar-refractivity contribution >= 4 is 39.4 Å². The number of fused-ring (bicyclic) bond motifs is 2. The molecule has 3 heterocycles. The van der Waals surface area contributed by atoms with Gasteiger partial charge in [0, 0.05) is 5.69 Å². The number of nitrogens with one attached hydrogen (secondary N) is 2. The third-order valence-electron chi connectivity index (χ3n) is 5.94. The van der Waals surface area contributed by atoms with E-state index in [2.05, 4.69) is 25.3 Å². The van der Waals surface area contributed by atoms with Crippen molar-refractivity contribution in [1.29, 1.82) is 0 Å². The largest absolute Gasteiger partial charge is 0.360 e. The van der Waals surface area contributed by atoms with Gasteiger partial charge in [0.1, 0.15) is 17.7 Å². The molecule has 0 amide bonds. The van der Waals surface area contributed by atoms with E-state index in [9.17, 15) is 9.18 Å². The third kappa shape index (κ3) is 3.43. The second kappa shape index (κ2) is 7.97. The first kappa shape index (κ1) is 21.1. The number of rotatable bonds is 4. The second-order valence-corrected chi connectivity index (χ2v) is 8.32. The molecule has 5 rings (SSSR count). The molecular weight excluding hydrogens is 443 g/mol. The van der Waals surface area contributed by atoms with Gasteiger partial charge in [0.2, 0.25) is 0 Å². The summed E-state index contributed by atoms with van der Waals surface area (Å²) in [7, 11) is 0. The lowest BCUT2D eigenvalue weighted by atomic mass is 10.0. The van der Waals surface area contributed by atoms with E-state index in [1.807, 2.05) is 45.0 Å². The Bertz CT molecular complexity index is 1590. The van der Waals surface area contributed by atoms with Crippen LogP contribution in [0.25, 0.3) is 27.6 Å². The lowest BCUT2D eigenvalue weighted by Gasteiger charge is -2.23. The molecule has 0 saturated carbocycles. The maximum atomic E-state index is 14.3. The summed E-state index contributed by atoms with van der Waals surface area (Å²) in [5.74, 6) is -0.0717. The van der Waals surface area contributed by atoms with E-state index < -0.39 is 5.82 Å². The fourth-order valence-corrected chi connectivity index (χ4v) is 4.31. The fraction of sp³-hybridized carbons (Fsp3) is 0.167. The molecule has 0 bridgehead atoms. The molecule has 166 valence electrons. The van der Waals surface area contributed by atoms with Crippen LogP contribution in [-0.4, -0.2) is 24.5 Å². The molecule has 5 aromatic rings. The van der Waals surface area contributed by atoms with Crippen molar-refractivity contribution in [2.45, 2.75) is 26.8 Å². The van der Waals surface area contributed by atoms with E-state index in [1.165, 1.54) is 12.4 Å². The summed E-state index contributed by atoms with van der Waals surface area (Å²) >= 11 is 6.24. The molecule has 3 aromatic heterocycles. The first-order valence-electron chi connectivity index (χ1n) is 10.4. The monoisotopic (exact) mass is 462 g/mol. The molecule has 1 atom stereocenters. The van der Waals surface area contributed by atoms with Crippen molar-refractivity contribution in [2.75, 3.05) is 5.32 Å². The van der Waals surface area contributed by atoms with Crippen LogP contribution in [0.2, 0.25) is 5.02 Å². The minimum Gasteiger partial charge on any atom is -0.360 e. The maximum absolute atomic E-state index is 14.3. The van der Waals surface area contributed by atoms with Crippen LogP contribution in [0.15, 0.2) is 53.8 Å². The average Bonchev–Trinajstić information content (AvgIpc) is 3.28. The van der Waals surface area contributed by atoms with Gasteiger partial charge >= 0.3 is 0 Å². The number of hydrogen-bond donors (Lipinski definition) is 2. The zero-order valence-corrected chi connectivity index (χ0v) is 18.9. The van der Waals surface area contributed by atoms with Gasteiger partial charge in [-0.3, -0.25) is 9.36 Å². The van der Waals surface area contributed by atoms with E-state index in [0.29, 0.717) is 33.7 Å². The molecule has 9 heteroatoms. The Morgan fingerprint density at radius 3 is 2.79 bits per heavy atom. The maximum Gasteiger partial charge on any atom is 0.264 e. The number of anilines is 1. The van der Waals surface area contributed by atoms with Gasteiger partial charge in [0.15, 0.2) is 11.5 Å². The summed E-state index contributed by atoms with van der Waals surface area (Å²) in [5, 5.41) is 3.88. The van der Waals surface area contributed by atoms with Crippen molar-refractivity contribution < 1.29 is 4.39 Å². The highest BCUT2D eigenvalue weighted by atomic mass is 35.5. The second-order valence-electron chi connectivity index (χ2n) is 7.94. The molecule has 0 aliphatic carbocycles. The van der Waals surface area contributed by atoms with Gasteiger partial charge in [0.25, 0.3) is 5.56 Å². The van der Waals surface area contributed by atoms with Crippen LogP contribution in [0.1, 0.15) is 29.8 Å². The first-order chi connectivity index (χ1) is 15.9.